The molecule has 38 heavy (non-hydrogen) atoms. The second kappa shape index (κ2) is 13.8. The van der Waals surface area contributed by atoms with Crippen molar-refractivity contribution in [3.8, 4) is 0 Å². The lowest BCUT2D eigenvalue weighted by molar-refractivity contribution is 0.0502. The van der Waals surface area contributed by atoms with E-state index < -0.39 is 18.2 Å². The van der Waals surface area contributed by atoms with Gasteiger partial charge in [-0.1, -0.05) is 109 Å². The largest absolute Gasteiger partial charge is 0.445 e. The molecule has 0 aliphatic heterocycles. The van der Waals surface area contributed by atoms with E-state index in [2.05, 4.69) is 5.32 Å². The number of nitrogens with one attached hydrogen (secondary N) is 1. The molecule has 0 unspecified atom stereocenters. The van der Waals surface area contributed by atoms with Crippen LogP contribution in [0.1, 0.15) is 27.0 Å². The highest BCUT2D eigenvalue weighted by Gasteiger charge is 2.27. The molecular weight excluding hydrogens is 476 g/mol. The van der Waals surface area contributed by atoms with Crippen LogP contribution in [0.2, 0.25) is 0 Å². The maximum absolute atomic E-state index is 13.4. The minimum Gasteiger partial charge on any atom is -0.445 e. The van der Waals surface area contributed by atoms with Gasteiger partial charge in [0, 0.05) is 18.7 Å². The van der Waals surface area contributed by atoms with Crippen LogP contribution in [0.5, 0.6) is 0 Å². The number of nitrogens with zero attached hydrogens (tertiary/aromatic N) is 1. The maximum Gasteiger partial charge on any atom is 0.407 e. The molecule has 0 aliphatic carbocycles. The Balaban J connectivity index is 1.50. The van der Waals surface area contributed by atoms with Crippen LogP contribution in [0, 0.1) is 0 Å². The minimum absolute atomic E-state index is 0.0269. The fraction of sp³-hybridized carbons (Fsp3) is 0.188. The van der Waals surface area contributed by atoms with Crippen LogP contribution in [0.4, 0.5) is 4.79 Å². The Hall–Kier alpha value is -4.42. The van der Waals surface area contributed by atoms with Crippen LogP contribution < -0.4 is 5.32 Å². The predicted molar refractivity (Wildman–Crippen MR) is 147 cm³/mol. The Morgan fingerprint density at radius 2 is 1.21 bits per heavy atom. The molecule has 0 bridgehead atoms. The molecule has 2 N–H and O–H groups in total. The average molecular weight is 509 g/mol. The quantitative estimate of drug-likeness (QED) is 0.291. The highest BCUT2D eigenvalue weighted by atomic mass is 16.5. The highest BCUT2D eigenvalue weighted by molar-refractivity contribution is 5.94. The fourth-order valence-electron chi connectivity index (χ4n) is 4.21. The van der Waals surface area contributed by atoms with Gasteiger partial charge in [0.25, 0.3) is 5.91 Å². The third kappa shape index (κ3) is 8.05. The summed E-state index contributed by atoms with van der Waals surface area (Å²) in [5, 5.41) is 14.2. The van der Waals surface area contributed by atoms with E-state index in [9.17, 15) is 14.7 Å². The van der Waals surface area contributed by atoms with E-state index in [1.807, 2.05) is 109 Å². The monoisotopic (exact) mass is 508 g/mol. The van der Waals surface area contributed by atoms with Gasteiger partial charge in [-0.3, -0.25) is 4.79 Å². The molecule has 0 radical (unpaired) electrons. The normalized spacial score (nSPS) is 12.2. The first kappa shape index (κ1) is 26.6. The summed E-state index contributed by atoms with van der Waals surface area (Å²) in [7, 11) is 0. The Kier molecular flexibility index (Phi) is 9.65. The van der Waals surface area contributed by atoms with Gasteiger partial charge in [0.15, 0.2) is 0 Å². The lowest BCUT2D eigenvalue weighted by atomic mass is 10.0. The van der Waals surface area contributed by atoms with Crippen LogP contribution >= 0.6 is 0 Å². The summed E-state index contributed by atoms with van der Waals surface area (Å²) < 4.78 is 5.42. The van der Waals surface area contributed by atoms with Crippen LogP contribution in [-0.2, 0) is 24.3 Å². The van der Waals surface area contributed by atoms with Gasteiger partial charge in [0.05, 0.1) is 12.1 Å². The number of ether oxygens (including phenoxy) is 1. The van der Waals surface area contributed by atoms with Crippen molar-refractivity contribution in [2.45, 2.75) is 31.7 Å². The number of benzene rings is 4. The maximum atomic E-state index is 13.4. The predicted octanol–water partition coefficient (Wildman–Crippen LogP) is 5.23. The molecule has 4 rings (SSSR count). The molecule has 0 fully saturated rings. The minimum atomic E-state index is -1.05. The van der Waals surface area contributed by atoms with Crippen molar-refractivity contribution in [2.75, 3.05) is 6.54 Å². The molecule has 4 aromatic carbocycles. The zero-order valence-corrected chi connectivity index (χ0v) is 21.1. The molecule has 0 aliphatic rings. The molecule has 2 amide bonds. The molecule has 0 aromatic heterocycles. The number of carbonyl (C=O) groups excluding carboxylic acids is 2. The number of hydrogen-bond acceptors (Lipinski definition) is 4. The highest BCUT2D eigenvalue weighted by Crippen LogP contribution is 2.14. The van der Waals surface area contributed by atoms with Gasteiger partial charge in [-0.2, -0.15) is 0 Å². The summed E-state index contributed by atoms with van der Waals surface area (Å²) in [6.45, 7) is 0.467. The van der Waals surface area contributed by atoms with E-state index in [0.29, 0.717) is 18.5 Å². The molecule has 194 valence electrons. The third-order valence-corrected chi connectivity index (χ3v) is 6.21. The summed E-state index contributed by atoms with van der Waals surface area (Å²) in [6.07, 6.45) is -1.30. The van der Waals surface area contributed by atoms with Gasteiger partial charge in [0.1, 0.15) is 6.61 Å². The second-order valence-electron chi connectivity index (χ2n) is 9.11. The summed E-state index contributed by atoms with van der Waals surface area (Å²) in [5.41, 5.74) is 3.29. The Labute approximate surface area is 223 Å². The first-order valence-corrected chi connectivity index (χ1v) is 12.7. The van der Waals surface area contributed by atoms with Crippen molar-refractivity contribution in [2.24, 2.45) is 0 Å². The van der Waals surface area contributed by atoms with E-state index >= 15 is 0 Å². The van der Waals surface area contributed by atoms with Gasteiger partial charge in [0.2, 0.25) is 0 Å². The van der Waals surface area contributed by atoms with Crippen molar-refractivity contribution in [3.05, 3.63) is 144 Å². The van der Waals surface area contributed by atoms with Gasteiger partial charge in [-0.05, 0) is 35.2 Å². The number of rotatable bonds is 11. The fourth-order valence-corrected chi connectivity index (χ4v) is 4.21. The van der Waals surface area contributed by atoms with E-state index in [-0.39, 0.29) is 19.1 Å². The van der Waals surface area contributed by atoms with E-state index in [1.165, 1.54) is 0 Å². The molecule has 6 nitrogen and oxygen atoms in total. The summed E-state index contributed by atoms with van der Waals surface area (Å²) >= 11 is 0. The van der Waals surface area contributed by atoms with Crippen molar-refractivity contribution in [1.82, 2.24) is 10.2 Å². The number of amides is 2. The van der Waals surface area contributed by atoms with Gasteiger partial charge >= 0.3 is 6.09 Å². The van der Waals surface area contributed by atoms with Crippen LogP contribution in [0.25, 0.3) is 0 Å². The van der Waals surface area contributed by atoms with Crippen LogP contribution in [0.15, 0.2) is 121 Å². The molecule has 6 heteroatoms. The Morgan fingerprint density at radius 3 is 1.79 bits per heavy atom. The zero-order valence-electron chi connectivity index (χ0n) is 21.1. The number of hydrogen-bond donors (Lipinski definition) is 2. The summed E-state index contributed by atoms with van der Waals surface area (Å²) in [4.78, 5) is 27.8. The topological polar surface area (TPSA) is 78.9 Å². The van der Waals surface area contributed by atoms with Crippen molar-refractivity contribution >= 4 is 12.0 Å². The standard InChI is InChI=1S/C32H32N2O4/c35-30(23-34(22-26-15-7-2-8-16-26)31(36)28-19-11-4-12-20-28)29(21-25-13-5-1-6-14-25)33-32(37)38-24-27-17-9-3-10-18-27/h1-20,29-30,35H,21-24H2,(H,33,37)/t29-,30+/m0/s1. The zero-order chi connectivity index (χ0) is 26.6. The SMILES string of the molecule is O=C(N[C@@H](Cc1ccccc1)[C@H](O)CN(Cc1ccccc1)C(=O)c1ccccc1)OCc1ccccc1. The van der Waals surface area contributed by atoms with E-state index in [4.69, 9.17) is 4.74 Å². The van der Waals surface area contributed by atoms with Gasteiger partial charge < -0.3 is 20.1 Å². The smallest absolute Gasteiger partial charge is 0.407 e. The number of aliphatic hydroxyl groups is 1. The van der Waals surface area contributed by atoms with E-state index in [1.54, 1.807) is 17.0 Å². The van der Waals surface area contributed by atoms with Crippen molar-refractivity contribution < 1.29 is 19.4 Å². The lowest BCUT2D eigenvalue weighted by Gasteiger charge is -2.30. The molecule has 0 spiro atoms. The Morgan fingerprint density at radius 1 is 0.711 bits per heavy atom. The van der Waals surface area contributed by atoms with Gasteiger partial charge in [-0.25, -0.2) is 4.79 Å². The van der Waals surface area contributed by atoms with Crippen LogP contribution in [-0.4, -0.2) is 40.7 Å². The molecule has 4 aromatic rings. The first-order valence-electron chi connectivity index (χ1n) is 12.7. The number of carbonyl (C=O) groups is 2. The lowest BCUT2D eigenvalue weighted by Crippen LogP contribution is -2.50. The molecule has 0 heterocycles. The first-order chi connectivity index (χ1) is 18.6. The second-order valence-corrected chi connectivity index (χ2v) is 9.11. The van der Waals surface area contributed by atoms with Gasteiger partial charge in [-0.15, -0.1) is 0 Å². The van der Waals surface area contributed by atoms with E-state index in [0.717, 1.165) is 16.7 Å². The number of aliphatic hydroxyl groups excluding tert-OH is 1. The third-order valence-electron chi connectivity index (χ3n) is 6.21. The number of alkyl carbamates (subject to hydrolysis) is 1. The molecular formula is C32H32N2O4. The Bertz CT molecular complexity index is 1270. The molecule has 0 saturated heterocycles. The molecule has 2 atom stereocenters. The average Bonchev–Trinajstić information content (AvgIpc) is 2.97. The van der Waals surface area contributed by atoms with Crippen molar-refractivity contribution in [3.63, 3.8) is 0 Å². The summed E-state index contributed by atoms with van der Waals surface area (Å²) in [6, 6.07) is 37.0. The van der Waals surface area contributed by atoms with Crippen LogP contribution in [0.3, 0.4) is 0 Å². The van der Waals surface area contributed by atoms with Crippen molar-refractivity contribution in [1.29, 1.82) is 0 Å². The molecule has 0 saturated carbocycles. The summed E-state index contributed by atoms with van der Waals surface area (Å²) in [5.74, 6) is -0.196.